The maximum atomic E-state index is 13.1. The molecule has 1 aromatic heterocycles. The lowest BCUT2D eigenvalue weighted by Crippen LogP contribution is -2.23. The van der Waals surface area contributed by atoms with Gasteiger partial charge in [-0.05, 0) is 24.3 Å². The van der Waals surface area contributed by atoms with E-state index in [0.717, 1.165) is 0 Å². The van der Waals surface area contributed by atoms with Gasteiger partial charge in [-0.2, -0.15) is 0 Å². The average Bonchev–Trinajstić information content (AvgIpc) is 3.01. The number of cyclic esters (lactones) is 1. The average molecular weight is 373 g/mol. The van der Waals surface area contributed by atoms with Crippen molar-refractivity contribution in [1.82, 2.24) is 9.55 Å². The van der Waals surface area contributed by atoms with Crippen molar-refractivity contribution in [3.05, 3.63) is 63.9 Å². The number of hydrogen-bond acceptors (Lipinski definition) is 5. The van der Waals surface area contributed by atoms with Gasteiger partial charge < -0.3 is 4.74 Å². The van der Waals surface area contributed by atoms with E-state index in [2.05, 4.69) is 4.98 Å². The first-order valence-corrected chi connectivity index (χ1v) is 9.01. The molecule has 0 amide bonds. The maximum Gasteiger partial charge on any atom is 0.319 e. The topological polar surface area (TPSA) is 61.2 Å². The Hall–Kier alpha value is -2.31. The zero-order valence-corrected chi connectivity index (χ0v) is 14.6. The predicted octanol–water partition coefficient (Wildman–Crippen LogP) is 3.45. The van der Waals surface area contributed by atoms with Gasteiger partial charge in [0, 0.05) is 6.42 Å². The standard InChI is InChI=1S/C18H13ClN2O3S/c19-12-6-2-4-8-14(12)21-16(22)11-5-1-3-7-13(11)20-18(21)25-15-9-10-24-17(15)23/h1-8,15H,9-10H2/t15-/m1/s1. The van der Waals surface area contributed by atoms with E-state index in [1.165, 1.54) is 16.3 Å². The van der Waals surface area contributed by atoms with Gasteiger partial charge in [0.2, 0.25) is 0 Å². The fourth-order valence-electron chi connectivity index (χ4n) is 2.75. The van der Waals surface area contributed by atoms with Crippen LogP contribution in [0.1, 0.15) is 6.42 Å². The minimum absolute atomic E-state index is 0.215. The quantitative estimate of drug-likeness (QED) is 0.520. The zero-order chi connectivity index (χ0) is 17.4. The summed E-state index contributed by atoms with van der Waals surface area (Å²) in [7, 11) is 0. The van der Waals surface area contributed by atoms with Crippen LogP contribution in [0.25, 0.3) is 16.6 Å². The highest BCUT2D eigenvalue weighted by molar-refractivity contribution is 8.00. The molecule has 0 N–H and O–H groups in total. The molecule has 2 heterocycles. The number of para-hydroxylation sites is 2. The summed E-state index contributed by atoms with van der Waals surface area (Å²) in [6.07, 6.45) is 0.592. The van der Waals surface area contributed by atoms with Crippen LogP contribution in [0.15, 0.2) is 58.5 Å². The van der Waals surface area contributed by atoms with E-state index >= 15 is 0 Å². The van der Waals surface area contributed by atoms with Crippen molar-refractivity contribution in [2.75, 3.05) is 6.61 Å². The highest BCUT2D eigenvalue weighted by atomic mass is 35.5. The van der Waals surface area contributed by atoms with Crippen LogP contribution in [0.5, 0.6) is 0 Å². The molecule has 1 saturated heterocycles. The fraction of sp³-hybridized carbons (Fsp3) is 0.167. The monoisotopic (exact) mass is 372 g/mol. The minimum Gasteiger partial charge on any atom is -0.465 e. The number of carbonyl (C=O) groups is 1. The Balaban J connectivity index is 1.96. The number of fused-ring (bicyclic) bond motifs is 1. The molecule has 0 unspecified atom stereocenters. The lowest BCUT2D eigenvalue weighted by molar-refractivity contribution is -0.137. The van der Waals surface area contributed by atoms with Gasteiger partial charge in [0.05, 0.1) is 28.2 Å². The van der Waals surface area contributed by atoms with Crippen LogP contribution in [-0.2, 0) is 9.53 Å². The molecule has 25 heavy (non-hydrogen) atoms. The van der Waals surface area contributed by atoms with Gasteiger partial charge in [-0.25, -0.2) is 4.98 Å². The van der Waals surface area contributed by atoms with Crippen LogP contribution in [0.4, 0.5) is 0 Å². The molecule has 1 aliphatic rings. The molecule has 3 aromatic rings. The second-order valence-electron chi connectivity index (χ2n) is 5.57. The largest absolute Gasteiger partial charge is 0.465 e. The van der Waals surface area contributed by atoms with Crippen molar-refractivity contribution < 1.29 is 9.53 Å². The molecule has 1 aliphatic heterocycles. The third kappa shape index (κ3) is 2.92. The van der Waals surface area contributed by atoms with Crippen molar-refractivity contribution in [3.8, 4) is 5.69 Å². The second-order valence-corrected chi connectivity index (χ2v) is 7.14. The Bertz CT molecular complexity index is 1030. The molecule has 4 rings (SSSR count). The smallest absolute Gasteiger partial charge is 0.319 e. The van der Waals surface area contributed by atoms with Gasteiger partial charge in [0.25, 0.3) is 5.56 Å². The van der Waals surface area contributed by atoms with E-state index in [1.807, 2.05) is 6.07 Å². The summed E-state index contributed by atoms with van der Waals surface area (Å²) < 4.78 is 6.50. The highest BCUT2D eigenvalue weighted by Crippen LogP contribution is 2.31. The molecule has 1 atom stereocenters. The summed E-state index contributed by atoms with van der Waals surface area (Å²) >= 11 is 7.55. The molecule has 0 aliphatic carbocycles. The van der Waals surface area contributed by atoms with Gasteiger partial charge in [-0.3, -0.25) is 14.2 Å². The van der Waals surface area contributed by atoms with Gasteiger partial charge in [-0.15, -0.1) is 0 Å². The number of aromatic nitrogens is 2. The molecule has 0 spiro atoms. The van der Waals surface area contributed by atoms with Gasteiger partial charge in [0.15, 0.2) is 5.16 Å². The summed E-state index contributed by atoms with van der Waals surface area (Å²) in [5, 5.41) is 1.00. The van der Waals surface area contributed by atoms with Crippen molar-refractivity contribution in [2.45, 2.75) is 16.8 Å². The van der Waals surface area contributed by atoms with Crippen molar-refractivity contribution >= 4 is 40.2 Å². The Morgan fingerprint density at radius 2 is 1.88 bits per heavy atom. The minimum atomic E-state index is -0.373. The predicted molar refractivity (Wildman–Crippen MR) is 97.6 cm³/mol. The first-order chi connectivity index (χ1) is 12.1. The fourth-order valence-corrected chi connectivity index (χ4v) is 4.04. The molecule has 1 fully saturated rings. The van der Waals surface area contributed by atoms with E-state index < -0.39 is 0 Å². The summed E-state index contributed by atoms with van der Waals surface area (Å²) in [5.74, 6) is -0.280. The van der Waals surface area contributed by atoms with Crippen LogP contribution in [0.2, 0.25) is 5.02 Å². The van der Waals surface area contributed by atoms with Crippen molar-refractivity contribution in [1.29, 1.82) is 0 Å². The van der Waals surface area contributed by atoms with E-state index in [9.17, 15) is 9.59 Å². The van der Waals surface area contributed by atoms with Crippen molar-refractivity contribution in [2.24, 2.45) is 0 Å². The summed E-state index contributed by atoms with van der Waals surface area (Å²) in [4.78, 5) is 29.6. The number of ether oxygens (including phenoxy) is 1. The third-order valence-corrected chi connectivity index (χ3v) is 5.49. The zero-order valence-electron chi connectivity index (χ0n) is 13.0. The number of halogens is 1. The number of rotatable bonds is 3. The van der Waals surface area contributed by atoms with Gasteiger partial charge >= 0.3 is 5.97 Å². The van der Waals surface area contributed by atoms with Crippen LogP contribution in [0.3, 0.4) is 0 Å². The maximum absolute atomic E-state index is 13.1. The Labute approximate surface area is 152 Å². The molecule has 0 saturated carbocycles. The van der Waals surface area contributed by atoms with Crippen LogP contribution >= 0.6 is 23.4 Å². The lowest BCUT2D eigenvalue weighted by atomic mass is 10.2. The summed E-state index contributed by atoms with van der Waals surface area (Å²) in [6.45, 7) is 0.389. The van der Waals surface area contributed by atoms with Crippen LogP contribution < -0.4 is 5.56 Å². The van der Waals surface area contributed by atoms with Gasteiger partial charge in [-0.1, -0.05) is 47.6 Å². The molecular formula is C18H13ClN2O3S. The Morgan fingerprint density at radius 1 is 1.12 bits per heavy atom. The van der Waals surface area contributed by atoms with E-state index in [1.54, 1.807) is 42.5 Å². The number of esters is 1. The third-order valence-electron chi connectivity index (χ3n) is 3.97. The van der Waals surface area contributed by atoms with Crippen LogP contribution in [-0.4, -0.2) is 27.4 Å². The van der Waals surface area contributed by atoms with Gasteiger partial charge in [0.1, 0.15) is 5.25 Å². The van der Waals surface area contributed by atoms with Crippen LogP contribution in [0, 0.1) is 0 Å². The normalized spacial score (nSPS) is 17.0. The first kappa shape index (κ1) is 16.2. The molecule has 0 bridgehead atoms. The van der Waals surface area contributed by atoms with Crippen molar-refractivity contribution in [3.63, 3.8) is 0 Å². The van der Waals surface area contributed by atoms with E-state index in [-0.39, 0.29) is 16.8 Å². The number of hydrogen-bond donors (Lipinski definition) is 0. The molecule has 126 valence electrons. The first-order valence-electron chi connectivity index (χ1n) is 7.75. The van der Waals surface area contributed by atoms with E-state index in [0.29, 0.717) is 39.8 Å². The SMILES string of the molecule is O=C1OCC[C@H]1Sc1nc2ccccc2c(=O)n1-c1ccccc1Cl. The highest BCUT2D eigenvalue weighted by Gasteiger charge is 2.30. The Kier molecular flexibility index (Phi) is 4.23. The molecule has 7 heteroatoms. The number of carbonyl (C=O) groups excluding carboxylic acids is 1. The second kappa shape index (κ2) is 6.54. The number of nitrogens with zero attached hydrogens (tertiary/aromatic N) is 2. The summed E-state index contributed by atoms with van der Waals surface area (Å²) in [5.41, 5.74) is 0.915. The molecule has 0 radical (unpaired) electrons. The Morgan fingerprint density at radius 3 is 2.64 bits per heavy atom. The number of thioether (sulfide) groups is 1. The van der Waals surface area contributed by atoms with E-state index in [4.69, 9.17) is 16.3 Å². The molecule has 5 nitrogen and oxygen atoms in total. The molecule has 2 aromatic carbocycles. The number of benzene rings is 2. The summed E-state index contributed by atoms with van der Waals surface area (Å²) in [6, 6.07) is 14.2. The molecular weight excluding hydrogens is 360 g/mol. The lowest BCUT2D eigenvalue weighted by Gasteiger charge is -2.15.